The third-order valence-electron chi connectivity index (χ3n) is 4.61. The van der Waals surface area contributed by atoms with Crippen LogP contribution in [0.4, 0.5) is 5.69 Å². The van der Waals surface area contributed by atoms with Gasteiger partial charge in [0.2, 0.25) is 11.8 Å². The smallest absolute Gasteiger partial charge is 0.313 e. The second-order valence-corrected chi connectivity index (χ2v) is 8.11. The third kappa shape index (κ3) is 5.37. The van der Waals surface area contributed by atoms with Gasteiger partial charge in [-0.25, -0.2) is 4.68 Å². The first-order valence-corrected chi connectivity index (χ1v) is 9.77. The average molecular weight is 414 g/mol. The number of esters is 1. The summed E-state index contributed by atoms with van der Waals surface area (Å²) in [5, 5.41) is 6.86. The molecular formula is C21H26N4O5. The molecule has 3 heterocycles. The number of carbonyl (C=O) groups excluding carboxylic acids is 3. The van der Waals surface area contributed by atoms with Crippen molar-refractivity contribution in [3.05, 3.63) is 42.6 Å². The van der Waals surface area contributed by atoms with E-state index in [-0.39, 0.29) is 24.5 Å². The number of nitrogens with one attached hydrogen (secondary N) is 1. The quantitative estimate of drug-likeness (QED) is 0.575. The third-order valence-corrected chi connectivity index (χ3v) is 4.61. The van der Waals surface area contributed by atoms with Gasteiger partial charge in [0.1, 0.15) is 11.8 Å². The lowest BCUT2D eigenvalue weighted by Gasteiger charge is -2.22. The molecule has 160 valence electrons. The van der Waals surface area contributed by atoms with E-state index in [1.54, 1.807) is 50.1 Å². The summed E-state index contributed by atoms with van der Waals surface area (Å²) in [6, 6.07) is 2.93. The summed E-state index contributed by atoms with van der Waals surface area (Å²) in [6.07, 6.45) is 8.90. The number of carbonyl (C=O) groups is 3. The van der Waals surface area contributed by atoms with Crippen LogP contribution < -0.4 is 5.32 Å². The molecule has 1 N–H and O–H groups in total. The van der Waals surface area contributed by atoms with Gasteiger partial charge in [-0.05, 0) is 51.8 Å². The number of aromatic nitrogens is 2. The Bertz CT molecular complexity index is 924. The van der Waals surface area contributed by atoms with E-state index >= 15 is 0 Å². The fraction of sp³-hybridized carbons (Fsp3) is 0.429. The maximum atomic E-state index is 12.7. The summed E-state index contributed by atoms with van der Waals surface area (Å²) in [4.78, 5) is 38.6. The van der Waals surface area contributed by atoms with Crippen LogP contribution in [0.5, 0.6) is 0 Å². The minimum atomic E-state index is -0.603. The number of amides is 2. The molecule has 1 aliphatic heterocycles. The second kappa shape index (κ2) is 8.98. The summed E-state index contributed by atoms with van der Waals surface area (Å²) >= 11 is 0. The van der Waals surface area contributed by atoms with E-state index in [9.17, 15) is 14.4 Å². The zero-order chi connectivity index (χ0) is 21.7. The molecule has 2 aromatic rings. The first-order chi connectivity index (χ1) is 14.2. The average Bonchev–Trinajstić information content (AvgIpc) is 3.44. The molecule has 9 nitrogen and oxygen atoms in total. The van der Waals surface area contributed by atoms with E-state index in [0.717, 1.165) is 6.42 Å². The van der Waals surface area contributed by atoms with Crippen LogP contribution in [0.25, 0.3) is 6.08 Å². The minimum Gasteiger partial charge on any atom is -0.465 e. The highest BCUT2D eigenvalue weighted by Gasteiger charge is 2.33. The van der Waals surface area contributed by atoms with Crippen molar-refractivity contribution in [1.82, 2.24) is 14.7 Å². The van der Waals surface area contributed by atoms with Gasteiger partial charge in [-0.2, -0.15) is 5.10 Å². The molecule has 0 radical (unpaired) electrons. The molecule has 1 saturated heterocycles. The lowest BCUT2D eigenvalue weighted by molar-refractivity contribution is -0.157. The van der Waals surface area contributed by atoms with Gasteiger partial charge in [-0.1, -0.05) is 0 Å². The fourth-order valence-electron chi connectivity index (χ4n) is 3.00. The van der Waals surface area contributed by atoms with Gasteiger partial charge in [0, 0.05) is 12.6 Å². The Morgan fingerprint density at radius 3 is 2.87 bits per heavy atom. The van der Waals surface area contributed by atoms with E-state index in [1.165, 1.54) is 23.2 Å². The van der Waals surface area contributed by atoms with Gasteiger partial charge in [0.25, 0.3) is 0 Å². The first kappa shape index (κ1) is 21.4. The normalized spacial score (nSPS) is 16.8. The molecule has 1 aliphatic rings. The molecule has 30 heavy (non-hydrogen) atoms. The largest absolute Gasteiger partial charge is 0.465 e. The van der Waals surface area contributed by atoms with Crippen molar-refractivity contribution in [3.63, 3.8) is 0 Å². The number of rotatable bonds is 6. The molecule has 0 spiro atoms. The Balaban J connectivity index is 1.55. The molecule has 0 aliphatic carbocycles. The molecule has 1 unspecified atom stereocenters. The monoisotopic (exact) mass is 414 g/mol. The highest BCUT2D eigenvalue weighted by Crippen LogP contribution is 2.20. The highest BCUT2D eigenvalue weighted by molar-refractivity contribution is 6.00. The number of anilines is 1. The van der Waals surface area contributed by atoms with Crippen LogP contribution in [0.3, 0.4) is 0 Å². The first-order valence-electron chi connectivity index (χ1n) is 9.77. The molecule has 0 bridgehead atoms. The van der Waals surface area contributed by atoms with Gasteiger partial charge in [-0.15, -0.1) is 0 Å². The Morgan fingerprint density at radius 1 is 1.37 bits per heavy atom. The Hall–Kier alpha value is -3.36. The Labute approximate surface area is 174 Å². The predicted molar refractivity (Wildman–Crippen MR) is 109 cm³/mol. The van der Waals surface area contributed by atoms with E-state index in [4.69, 9.17) is 9.15 Å². The van der Waals surface area contributed by atoms with Crippen LogP contribution in [0.2, 0.25) is 0 Å². The number of nitrogens with zero attached hydrogens (tertiary/aromatic N) is 3. The van der Waals surface area contributed by atoms with Crippen LogP contribution in [-0.2, 0) is 25.9 Å². The molecule has 9 heteroatoms. The van der Waals surface area contributed by atoms with Crippen molar-refractivity contribution in [2.24, 2.45) is 5.41 Å². The maximum absolute atomic E-state index is 12.7. The zero-order valence-electron chi connectivity index (χ0n) is 17.3. The number of ether oxygens (including phenoxy) is 1. The van der Waals surface area contributed by atoms with Crippen LogP contribution >= 0.6 is 0 Å². The standard InChI is InChI=1S/C21H26N4O5/c1-21(2,3)20(28)30-14-24-13-15(12-22-24)23-19(27)17-7-4-10-25(17)18(26)9-8-16-6-5-11-29-16/h5-6,8-9,11-13,17H,4,7,10,14H2,1-3H3,(H,23,27). The van der Waals surface area contributed by atoms with Crippen molar-refractivity contribution < 1.29 is 23.5 Å². The van der Waals surface area contributed by atoms with Crippen molar-refractivity contribution in [1.29, 1.82) is 0 Å². The number of hydrogen-bond acceptors (Lipinski definition) is 6. The summed E-state index contributed by atoms with van der Waals surface area (Å²) in [5.41, 5.74) is -0.133. The fourth-order valence-corrected chi connectivity index (χ4v) is 3.00. The van der Waals surface area contributed by atoms with Crippen molar-refractivity contribution in [2.75, 3.05) is 11.9 Å². The molecule has 3 rings (SSSR count). The molecular weight excluding hydrogens is 388 g/mol. The van der Waals surface area contributed by atoms with Crippen LogP contribution in [-0.4, -0.2) is 45.1 Å². The molecule has 1 fully saturated rings. The Kier molecular flexibility index (Phi) is 6.39. The van der Waals surface area contributed by atoms with Gasteiger partial charge in [0.15, 0.2) is 6.73 Å². The van der Waals surface area contributed by atoms with Crippen molar-refractivity contribution >= 4 is 29.5 Å². The van der Waals surface area contributed by atoms with Crippen LogP contribution in [0, 0.1) is 5.41 Å². The molecule has 1 atom stereocenters. The second-order valence-electron chi connectivity index (χ2n) is 8.11. The summed E-state index contributed by atoms with van der Waals surface area (Å²) in [5.74, 6) is -0.290. The minimum absolute atomic E-state index is 0.0441. The Morgan fingerprint density at radius 2 is 2.17 bits per heavy atom. The SMILES string of the molecule is CC(C)(C)C(=O)OCn1cc(NC(=O)C2CCCN2C(=O)C=Cc2ccco2)cn1. The van der Waals surface area contributed by atoms with Gasteiger partial charge < -0.3 is 19.4 Å². The van der Waals surface area contributed by atoms with Gasteiger partial charge >= 0.3 is 5.97 Å². The number of hydrogen-bond donors (Lipinski definition) is 1. The zero-order valence-corrected chi connectivity index (χ0v) is 17.3. The topological polar surface area (TPSA) is 107 Å². The number of likely N-dealkylation sites (tertiary alicyclic amines) is 1. The maximum Gasteiger partial charge on any atom is 0.313 e. The van der Waals surface area contributed by atoms with Gasteiger partial charge in [-0.3, -0.25) is 14.4 Å². The molecule has 2 amide bonds. The lowest BCUT2D eigenvalue weighted by Crippen LogP contribution is -2.42. The van der Waals surface area contributed by atoms with E-state index in [0.29, 0.717) is 24.4 Å². The number of furan rings is 1. The van der Waals surface area contributed by atoms with Gasteiger partial charge in [0.05, 0.1) is 29.8 Å². The predicted octanol–water partition coefficient (Wildman–Crippen LogP) is 2.67. The molecule has 0 saturated carbocycles. The van der Waals surface area contributed by atoms with Crippen LogP contribution in [0.1, 0.15) is 39.4 Å². The summed E-state index contributed by atoms with van der Waals surface area (Å²) in [6.45, 7) is 5.77. The summed E-state index contributed by atoms with van der Waals surface area (Å²) in [7, 11) is 0. The van der Waals surface area contributed by atoms with E-state index < -0.39 is 11.5 Å². The molecule has 0 aromatic carbocycles. The summed E-state index contributed by atoms with van der Waals surface area (Å²) < 4.78 is 11.8. The van der Waals surface area contributed by atoms with E-state index in [2.05, 4.69) is 10.4 Å². The molecule has 2 aromatic heterocycles. The van der Waals surface area contributed by atoms with Crippen LogP contribution in [0.15, 0.2) is 41.3 Å². The van der Waals surface area contributed by atoms with E-state index in [1.807, 2.05) is 0 Å². The lowest BCUT2D eigenvalue weighted by atomic mass is 9.98. The highest BCUT2D eigenvalue weighted by atomic mass is 16.5. The van der Waals surface area contributed by atoms with Crippen molar-refractivity contribution in [2.45, 2.75) is 46.4 Å². The van der Waals surface area contributed by atoms with Crippen molar-refractivity contribution in [3.8, 4) is 0 Å².